The fourth-order valence-electron chi connectivity index (χ4n) is 3.90. The zero-order valence-electron chi connectivity index (χ0n) is 15.9. The van der Waals surface area contributed by atoms with Gasteiger partial charge in [-0.1, -0.05) is 12.1 Å². The summed E-state index contributed by atoms with van der Waals surface area (Å²) in [7, 11) is 1.64. The van der Waals surface area contributed by atoms with Gasteiger partial charge >= 0.3 is 0 Å². The molecule has 0 spiro atoms. The smallest absolute Gasteiger partial charge is 0.166 e. The molecule has 1 fully saturated rings. The van der Waals surface area contributed by atoms with Gasteiger partial charge in [-0.15, -0.1) is 0 Å². The minimum absolute atomic E-state index is 0.107. The molecule has 1 saturated heterocycles. The Kier molecular flexibility index (Phi) is 4.94. The lowest BCUT2D eigenvalue weighted by atomic mass is 9.89. The molecule has 5 heteroatoms. The summed E-state index contributed by atoms with van der Waals surface area (Å²) in [5, 5.41) is 0. The average molecular weight is 363 g/mol. The van der Waals surface area contributed by atoms with Gasteiger partial charge < -0.3 is 9.30 Å². The predicted octanol–water partition coefficient (Wildman–Crippen LogP) is 3.91. The van der Waals surface area contributed by atoms with E-state index in [4.69, 9.17) is 4.74 Å². The van der Waals surface area contributed by atoms with Crippen LogP contribution in [0.4, 0.5) is 0 Å². The van der Waals surface area contributed by atoms with Gasteiger partial charge in [0.25, 0.3) is 0 Å². The standard InChI is InChI=1S/C22H25N3O2/c1-16-23-20-5-3-4-6-21(20)25(16)15-24-13-11-18(12-14-24)22(26)17-7-9-19(27-2)10-8-17/h3-10,18H,11-15H2,1-2H3. The third kappa shape index (κ3) is 3.60. The first kappa shape index (κ1) is 17.7. The molecule has 140 valence electrons. The number of imidazole rings is 1. The van der Waals surface area contributed by atoms with Crippen LogP contribution >= 0.6 is 0 Å². The molecule has 0 amide bonds. The van der Waals surface area contributed by atoms with Crippen molar-refractivity contribution in [2.24, 2.45) is 5.92 Å². The van der Waals surface area contributed by atoms with Gasteiger partial charge in [0.15, 0.2) is 5.78 Å². The molecule has 0 saturated carbocycles. The van der Waals surface area contributed by atoms with Crippen LogP contribution in [0.25, 0.3) is 11.0 Å². The van der Waals surface area contributed by atoms with Crippen LogP contribution in [0.2, 0.25) is 0 Å². The number of carbonyl (C=O) groups excluding carboxylic acids is 1. The summed E-state index contributed by atoms with van der Waals surface area (Å²) in [6.45, 7) is 4.74. The quantitative estimate of drug-likeness (QED) is 0.645. The first-order chi connectivity index (χ1) is 13.2. The molecule has 1 aliphatic heterocycles. The number of aryl methyl sites for hydroxylation is 1. The molecule has 0 N–H and O–H groups in total. The van der Waals surface area contributed by atoms with Crippen LogP contribution in [0, 0.1) is 12.8 Å². The zero-order chi connectivity index (χ0) is 18.8. The van der Waals surface area contributed by atoms with Gasteiger partial charge in [-0.25, -0.2) is 4.98 Å². The Hall–Kier alpha value is -2.66. The second-order valence-electron chi connectivity index (χ2n) is 7.20. The van der Waals surface area contributed by atoms with Crippen molar-refractivity contribution in [3.05, 3.63) is 59.9 Å². The molecule has 0 unspecified atom stereocenters. The molecule has 1 aromatic heterocycles. The number of aromatic nitrogens is 2. The number of ketones is 1. The van der Waals surface area contributed by atoms with E-state index >= 15 is 0 Å². The number of hydrogen-bond donors (Lipinski definition) is 0. The van der Waals surface area contributed by atoms with Crippen LogP contribution in [0.3, 0.4) is 0 Å². The van der Waals surface area contributed by atoms with E-state index in [9.17, 15) is 4.79 Å². The molecule has 4 rings (SSSR count). The number of ether oxygens (including phenoxy) is 1. The van der Waals surface area contributed by atoms with Gasteiger partial charge in [-0.2, -0.15) is 0 Å². The number of hydrogen-bond acceptors (Lipinski definition) is 4. The predicted molar refractivity (Wildman–Crippen MR) is 106 cm³/mol. The summed E-state index contributed by atoms with van der Waals surface area (Å²) < 4.78 is 7.44. The molecular formula is C22H25N3O2. The van der Waals surface area contributed by atoms with Crippen LogP contribution in [-0.2, 0) is 6.67 Å². The maximum absolute atomic E-state index is 12.8. The van der Waals surface area contributed by atoms with E-state index in [1.54, 1.807) is 7.11 Å². The van der Waals surface area contributed by atoms with Crippen LogP contribution in [0.5, 0.6) is 5.75 Å². The Morgan fingerprint density at radius 2 is 1.81 bits per heavy atom. The molecule has 0 aliphatic carbocycles. The molecule has 3 aromatic rings. The van der Waals surface area contributed by atoms with Crippen molar-refractivity contribution in [2.45, 2.75) is 26.4 Å². The van der Waals surface area contributed by atoms with E-state index < -0.39 is 0 Å². The SMILES string of the molecule is COc1ccc(C(=O)C2CCN(Cn3c(C)nc4ccccc43)CC2)cc1. The highest BCUT2D eigenvalue weighted by molar-refractivity contribution is 5.98. The van der Waals surface area contributed by atoms with Crippen LogP contribution in [0.1, 0.15) is 29.0 Å². The monoisotopic (exact) mass is 363 g/mol. The summed E-state index contributed by atoms with van der Waals surface area (Å²) in [6.07, 6.45) is 1.80. The Labute approximate surface area is 159 Å². The van der Waals surface area contributed by atoms with Crippen molar-refractivity contribution in [3.8, 4) is 5.75 Å². The lowest BCUT2D eigenvalue weighted by Gasteiger charge is -2.31. The molecule has 2 aromatic carbocycles. The largest absolute Gasteiger partial charge is 0.497 e. The highest BCUT2D eigenvalue weighted by Gasteiger charge is 2.26. The van der Waals surface area contributed by atoms with Crippen LogP contribution < -0.4 is 4.74 Å². The molecule has 1 aliphatic rings. The number of fused-ring (bicyclic) bond motifs is 1. The molecule has 2 heterocycles. The number of piperidine rings is 1. The summed E-state index contributed by atoms with van der Waals surface area (Å²) in [5.74, 6) is 2.17. The second kappa shape index (κ2) is 7.53. The van der Waals surface area contributed by atoms with E-state index in [-0.39, 0.29) is 11.7 Å². The lowest BCUT2D eigenvalue weighted by Crippen LogP contribution is -2.37. The van der Waals surface area contributed by atoms with Gasteiger partial charge in [-0.05, 0) is 56.2 Å². The van der Waals surface area contributed by atoms with E-state index in [0.717, 1.165) is 55.3 Å². The Balaban J connectivity index is 1.39. The molecular weight excluding hydrogens is 338 g/mol. The van der Waals surface area contributed by atoms with Gasteiger partial charge in [0.1, 0.15) is 11.6 Å². The maximum atomic E-state index is 12.8. The van der Waals surface area contributed by atoms with Crippen molar-refractivity contribution >= 4 is 16.8 Å². The van der Waals surface area contributed by atoms with E-state index in [1.807, 2.05) is 30.3 Å². The Bertz CT molecular complexity index is 938. The van der Waals surface area contributed by atoms with E-state index in [1.165, 1.54) is 5.52 Å². The molecule has 5 nitrogen and oxygen atoms in total. The minimum atomic E-state index is 0.107. The summed E-state index contributed by atoms with van der Waals surface area (Å²) in [6, 6.07) is 15.7. The number of para-hydroxylation sites is 2. The number of methoxy groups -OCH3 is 1. The minimum Gasteiger partial charge on any atom is -0.497 e. The van der Waals surface area contributed by atoms with Crippen molar-refractivity contribution in [1.82, 2.24) is 14.5 Å². The van der Waals surface area contributed by atoms with E-state index in [2.05, 4.69) is 39.6 Å². The lowest BCUT2D eigenvalue weighted by molar-refractivity contribution is 0.0812. The number of benzene rings is 2. The topological polar surface area (TPSA) is 47.4 Å². The second-order valence-corrected chi connectivity index (χ2v) is 7.20. The first-order valence-electron chi connectivity index (χ1n) is 9.48. The van der Waals surface area contributed by atoms with E-state index in [0.29, 0.717) is 0 Å². The highest BCUT2D eigenvalue weighted by atomic mass is 16.5. The third-order valence-electron chi connectivity index (χ3n) is 5.52. The molecule has 0 radical (unpaired) electrons. The van der Waals surface area contributed by atoms with Gasteiger partial charge in [0, 0.05) is 24.6 Å². The van der Waals surface area contributed by atoms with Crippen molar-refractivity contribution in [2.75, 3.05) is 20.2 Å². The Morgan fingerprint density at radius 1 is 1.11 bits per heavy atom. The van der Waals surface area contributed by atoms with Crippen molar-refractivity contribution < 1.29 is 9.53 Å². The summed E-state index contributed by atoms with van der Waals surface area (Å²) >= 11 is 0. The Morgan fingerprint density at radius 3 is 2.52 bits per heavy atom. The van der Waals surface area contributed by atoms with Crippen LogP contribution in [-0.4, -0.2) is 40.4 Å². The average Bonchev–Trinajstić information content (AvgIpc) is 3.03. The highest BCUT2D eigenvalue weighted by Crippen LogP contribution is 2.24. The number of Topliss-reactive ketones (excluding diaryl/α,β-unsaturated/α-hetero) is 1. The molecule has 0 atom stereocenters. The zero-order valence-corrected chi connectivity index (χ0v) is 15.9. The van der Waals surface area contributed by atoms with Gasteiger partial charge in [-0.3, -0.25) is 9.69 Å². The van der Waals surface area contributed by atoms with Gasteiger partial charge in [0.2, 0.25) is 0 Å². The fourth-order valence-corrected chi connectivity index (χ4v) is 3.90. The number of rotatable bonds is 5. The molecule has 0 bridgehead atoms. The van der Waals surface area contributed by atoms with Crippen molar-refractivity contribution in [3.63, 3.8) is 0 Å². The van der Waals surface area contributed by atoms with Crippen molar-refractivity contribution in [1.29, 1.82) is 0 Å². The van der Waals surface area contributed by atoms with Crippen LogP contribution in [0.15, 0.2) is 48.5 Å². The summed E-state index contributed by atoms with van der Waals surface area (Å²) in [5.41, 5.74) is 3.00. The van der Waals surface area contributed by atoms with Gasteiger partial charge in [0.05, 0.1) is 24.8 Å². The molecule has 27 heavy (non-hydrogen) atoms. The maximum Gasteiger partial charge on any atom is 0.166 e. The number of carbonyl (C=O) groups is 1. The third-order valence-corrected chi connectivity index (χ3v) is 5.52. The summed E-state index contributed by atoms with van der Waals surface area (Å²) in [4.78, 5) is 19.8. The first-order valence-corrected chi connectivity index (χ1v) is 9.48. The fraction of sp³-hybridized carbons (Fsp3) is 0.364. The number of nitrogens with zero attached hydrogens (tertiary/aromatic N) is 3. The number of likely N-dealkylation sites (tertiary alicyclic amines) is 1. The normalized spacial score (nSPS) is 15.9.